The van der Waals surface area contributed by atoms with Crippen LogP contribution in [0.2, 0.25) is 0 Å². The number of hydrogen-bond donors (Lipinski definition) is 3. The van der Waals surface area contributed by atoms with E-state index in [2.05, 4.69) is 37.1 Å². The molecular weight excluding hydrogens is 368 g/mol. The van der Waals surface area contributed by atoms with Gasteiger partial charge in [-0.3, -0.25) is 4.79 Å². The lowest BCUT2D eigenvalue weighted by atomic mass is 10.2. The number of nitrogens with one attached hydrogen (secondary N) is 3. The Kier molecular flexibility index (Phi) is 4.74. The summed E-state index contributed by atoms with van der Waals surface area (Å²) in [6, 6.07) is 16.6. The largest absolute Gasteiger partial charge is 0.339 e. The number of pyridine rings is 1. The number of rotatable bonds is 5. The van der Waals surface area contributed by atoms with E-state index in [4.69, 9.17) is 0 Å². The fourth-order valence-electron chi connectivity index (χ4n) is 2.80. The summed E-state index contributed by atoms with van der Waals surface area (Å²) >= 11 is 0. The zero-order chi connectivity index (χ0) is 20.2. The van der Waals surface area contributed by atoms with E-state index < -0.39 is 0 Å². The van der Waals surface area contributed by atoms with E-state index in [-0.39, 0.29) is 5.91 Å². The van der Waals surface area contributed by atoms with E-state index in [0.29, 0.717) is 34.4 Å². The maximum absolute atomic E-state index is 11.3. The average Bonchev–Trinajstić information content (AvgIpc) is 3.12. The van der Waals surface area contributed by atoms with Crippen molar-refractivity contribution < 1.29 is 4.79 Å². The molecule has 3 heterocycles. The highest BCUT2D eigenvalue weighted by atomic mass is 16.1. The highest BCUT2D eigenvalue weighted by molar-refractivity contribution is 5.89. The summed E-state index contributed by atoms with van der Waals surface area (Å²) in [4.78, 5) is 19.8. The second-order valence-electron chi connectivity index (χ2n) is 6.16. The van der Waals surface area contributed by atoms with Gasteiger partial charge in [0.1, 0.15) is 11.9 Å². The average molecular weight is 384 g/mol. The van der Waals surface area contributed by atoms with Gasteiger partial charge in [0.2, 0.25) is 5.91 Å². The van der Waals surface area contributed by atoms with Crippen molar-refractivity contribution in [3.8, 4) is 6.07 Å². The first-order valence-corrected chi connectivity index (χ1v) is 8.74. The molecule has 0 fully saturated rings. The van der Waals surface area contributed by atoms with Crippen LogP contribution in [-0.2, 0) is 4.79 Å². The van der Waals surface area contributed by atoms with Gasteiger partial charge in [0.25, 0.3) is 0 Å². The zero-order valence-electron chi connectivity index (χ0n) is 15.4. The number of imidazole rings is 1. The summed E-state index contributed by atoms with van der Waals surface area (Å²) in [5, 5.41) is 23.0. The standard InChI is InChI=1S/C20H16N8O/c1-13(29)24-14-5-4-6-15(9-14)25-19-10-17(26-18-7-2-3-8-22-18)20-23-12-16(11-21)28(20)27-19/h2-10,12H,1H3,(H,22,26)(H,24,29)(H,25,27). The molecule has 3 N–H and O–H groups in total. The topological polar surface area (TPSA) is 120 Å². The summed E-state index contributed by atoms with van der Waals surface area (Å²) in [5.74, 6) is 0.978. The minimum Gasteiger partial charge on any atom is -0.339 e. The molecule has 0 unspecified atom stereocenters. The number of anilines is 5. The Morgan fingerprint density at radius 2 is 1.90 bits per heavy atom. The lowest BCUT2D eigenvalue weighted by Gasteiger charge is -2.12. The number of aromatic nitrogens is 4. The molecule has 142 valence electrons. The lowest BCUT2D eigenvalue weighted by molar-refractivity contribution is -0.114. The predicted octanol–water partition coefficient (Wildman–Crippen LogP) is 3.44. The molecule has 4 aromatic rings. The maximum Gasteiger partial charge on any atom is 0.221 e. The van der Waals surface area contributed by atoms with E-state index in [1.165, 1.54) is 17.6 Å². The highest BCUT2D eigenvalue weighted by Gasteiger charge is 2.12. The van der Waals surface area contributed by atoms with Gasteiger partial charge in [0, 0.05) is 30.6 Å². The Labute approximate surface area is 166 Å². The second kappa shape index (κ2) is 7.66. The van der Waals surface area contributed by atoms with Crippen LogP contribution in [0, 0.1) is 11.3 Å². The molecule has 0 bridgehead atoms. The Morgan fingerprint density at radius 1 is 1.03 bits per heavy atom. The molecule has 4 rings (SSSR count). The number of nitriles is 1. The summed E-state index contributed by atoms with van der Waals surface area (Å²) in [6.45, 7) is 1.45. The van der Waals surface area contributed by atoms with Crippen LogP contribution in [0.15, 0.2) is 60.9 Å². The molecule has 29 heavy (non-hydrogen) atoms. The van der Waals surface area contributed by atoms with Crippen LogP contribution < -0.4 is 16.0 Å². The normalized spacial score (nSPS) is 10.3. The van der Waals surface area contributed by atoms with Crippen molar-refractivity contribution in [2.24, 2.45) is 0 Å². The van der Waals surface area contributed by atoms with Gasteiger partial charge in [-0.05, 0) is 30.3 Å². The monoisotopic (exact) mass is 384 g/mol. The molecule has 9 nitrogen and oxygen atoms in total. The number of amides is 1. The van der Waals surface area contributed by atoms with Crippen LogP contribution in [0.3, 0.4) is 0 Å². The van der Waals surface area contributed by atoms with Gasteiger partial charge in [0.05, 0.1) is 11.9 Å². The van der Waals surface area contributed by atoms with E-state index in [9.17, 15) is 10.1 Å². The quantitative estimate of drug-likeness (QED) is 0.482. The molecule has 9 heteroatoms. The minimum atomic E-state index is -0.152. The molecule has 0 aliphatic carbocycles. The maximum atomic E-state index is 11.3. The number of carbonyl (C=O) groups is 1. The van der Waals surface area contributed by atoms with Gasteiger partial charge in [0.15, 0.2) is 17.2 Å². The number of benzene rings is 1. The van der Waals surface area contributed by atoms with Crippen LogP contribution in [0.25, 0.3) is 5.65 Å². The van der Waals surface area contributed by atoms with Crippen LogP contribution in [0.4, 0.5) is 28.7 Å². The fraction of sp³-hybridized carbons (Fsp3) is 0.0500. The van der Waals surface area contributed by atoms with Crippen molar-refractivity contribution in [2.75, 3.05) is 16.0 Å². The van der Waals surface area contributed by atoms with Crippen molar-refractivity contribution in [3.05, 3.63) is 66.6 Å². The molecule has 0 aliphatic heterocycles. The summed E-state index contributed by atoms with van der Waals surface area (Å²) < 4.78 is 1.46. The summed E-state index contributed by atoms with van der Waals surface area (Å²) in [5.41, 5.74) is 2.84. The predicted molar refractivity (Wildman–Crippen MR) is 109 cm³/mol. The molecule has 0 radical (unpaired) electrons. The van der Waals surface area contributed by atoms with Gasteiger partial charge < -0.3 is 16.0 Å². The first-order chi connectivity index (χ1) is 14.1. The van der Waals surface area contributed by atoms with Crippen molar-refractivity contribution >= 4 is 40.3 Å². The smallest absolute Gasteiger partial charge is 0.221 e. The molecule has 0 aliphatic rings. The SMILES string of the molecule is CC(=O)Nc1cccc(Nc2cc(Nc3ccccn3)c3ncc(C#N)n3n2)c1. The number of hydrogen-bond acceptors (Lipinski definition) is 7. The Bertz CT molecular complexity index is 1230. The number of fused-ring (bicyclic) bond motifs is 1. The lowest BCUT2D eigenvalue weighted by Crippen LogP contribution is -2.07. The van der Waals surface area contributed by atoms with Crippen LogP contribution in [-0.4, -0.2) is 25.5 Å². The van der Waals surface area contributed by atoms with E-state index >= 15 is 0 Å². The van der Waals surface area contributed by atoms with E-state index in [0.717, 1.165) is 5.69 Å². The van der Waals surface area contributed by atoms with Crippen LogP contribution >= 0.6 is 0 Å². The highest BCUT2D eigenvalue weighted by Crippen LogP contribution is 2.26. The third-order valence-corrected chi connectivity index (χ3v) is 3.97. The molecule has 1 amide bonds. The third kappa shape index (κ3) is 3.96. The van der Waals surface area contributed by atoms with Gasteiger partial charge in [-0.25, -0.2) is 9.97 Å². The minimum absolute atomic E-state index is 0.152. The molecule has 3 aromatic heterocycles. The summed E-state index contributed by atoms with van der Waals surface area (Å²) in [6.07, 6.45) is 3.15. The summed E-state index contributed by atoms with van der Waals surface area (Å²) in [7, 11) is 0. The number of nitrogens with zero attached hydrogens (tertiary/aromatic N) is 5. The number of carbonyl (C=O) groups excluding carboxylic acids is 1. The molecule has 1 aromatic carbocycles. The molecule has 0 spiro atoms. The Morgan fingerprint density at radius 3 is 2.66 bits per heavy atom. The molecule has 0 saturated carbocycles. The first kappa shape index (κ1) is 17.9. The van der Waals surface area contributed by atoms with E-state index in [1.54, 1.807) is 24.4 Å². The van der Waals surface area contributed by atoms with Gasteiger partial charge >= 0.3 is 0 Å². The van der Waals surface area contributed by atoms with E-state index in [1.807, 2.05) is 30.3 Å². The van der Waals surface area contributed by atoms with Gasteiger partial charge in [-0.1, -0.05) is 12.1 Å². The zero-order valence-corrected chi connectivity index (χ0v) is 15.4. The molecular formula is C20H16N8O. The van der Waals surface area contributed by atoms with Gasteiger partial charge in [-0.15, -0.1) is 5.10 Å². The van der Waals surface area contributed by atoms with Gasteiger partial charge in [-0.2, -0.15) is 9.78 Å². The fourth-order valence-corrected chi connectivity index (χ4v) is 2.80. The van der Waals surface area contributed by atoms with Crippen molar-refractivity contribution in [1.82, 2.24) is 19.6 Å². The third-order valence-electron chi connectivity index (χ3n) is 3.97. The van der Waals surface area contributed by atoms with Crippen LogP contribution in [0.5, 0.6) is 0 Å². The first-order valence-electron chi connectivity index (χ1n) is 8.74. The van der Waals surface area contributed by atoms with Crippen LogP contribution in [0.1, 0.15) is 12.6 Å². The Balaban J connectivity index is 1.73. The van der Waals surface area contributed by atoms with Crippen molar-refractivity contribution in [1.29, 1.82) is 5.26 Å². The van der Waals surface area contributed by atoms with Crippen molar-refractivity contribution in [3.63, 3.8) is 0 Å². The molecule has 0 saturated heterocycles. The second-order valence-corrected chi connectivity index (χ2v) is 6.16. The van der Waals surface area contributed by atoms with Crippen molar-refractivity contribution in [2.45, 2.75) is 6.92 Å². The Hall–Kier alpha value is -4.45. The molecule has 0 atom stereocenters.